The third-order valence-corrected chi connectivity index (χ3v) is 7.34. The summed E-state index contributed by atoms with van der Waals surface area (Å²) < 4.78 is 5.86. The Morgan fingerprint density at radius 2 is 1.96 bits per heavy atom. The van der Waals surface area contributed by atoms with Crippen LogP contribution in [0, 0.1) is 5.92 Å². The molecule has 1 atom stereocenters. The molecule has 7 heteroatoms. The van der Waals surface area contributed by atoms with Crippen molar-refractivity contribution in [2.45, 2.75) is 36.9 Å². The number of aliphatic imine (C=N–C) groups is 1. The molecule has 25 heavy (non-hydrogen) atoms. The van der Waals surface area contributed by atoms with Gasteiger partial charge in [-0.2, -0.15) is 11.8 Å². The predicted octanol–water partition coefficient (Wildman–Crippen LogP) is 2.51. The highest BCUT2D eigenvalue weighted by atomic mass is 127. The Bertz CT molecular complexity index is 425. The van der Waals surface area contributed by atoms with Crippen molar-refractivity contribution < 1.29 is 4.74 Å². The lowest BCUT2D eigenvalue weighted by molar-refractivity contribution is 0.0781. The number of rotatable bonds is 5. The average Bonchev–Trinajstić information content (AvgIpc) is 3.29. The first kappa shape index (κ1) is 21.6. The van der Waals surface area contributed by atoms with Gasteiger partial charge in [0.25, 0.3) is 0 Å². The predicted molar refractivity (Wildman–Crippen MR) is 118 cm³/mol. The molecule has 0 amide bonds. The average molecular weight is 482 g/mol. The van der Waals surface area contributed by atoms with Gasteiger partial charge in [-0.25, -0.2) is 0 Å². The smallest absolute Gasteiger partial charge is 0.193 e. The van der Waals surface area contributed by atoms with Gasteiger partial charge in [-0.05, 0) is 57.4 Å². The second kappa shape index (κ2) is 10.6. The highest BCUT2D eigenvalue weighted by molar-refractivity contribution is 14.0. The Morgan fingerprint density at radius 1 is 1.24 bits per heavy atom. The molecule has 0 aliphatic carbocycles. The van der Waals surface area contributed by atoms with E-state index >= 15 is 0 Å². The summed E-state index contributed by atoms with van der Waals surface area (Å²) in [5, 5.41) is 3.67. The Morgan fingerprint density at radius 3 is 2.60 bits per heavy atom. The van der Waals surface area contributed by atoms with Crippen molar-refractivity contribution in [1.82, 2.24) is 15.1 Å². The van der Waals surface area contributed by atoms with E-state index in [0.717, 1.165) is 57.6 Å². The molecule has 0 aromatic carbocycles. The van der Waals surface area contributed by atoms with E-state index < -0.39 is 0 Å². The molecular weight excluding hydrogens is 447 g/mol. The van der Waals surface area contributed by atoms with E-state index in [9.17, 15) is 0 Å². The number of hydrogen-bond acceptors (Lipinski definition) is 4. The number of halogens is 1. The zero-order valence-electron chi connectivity index (χ0n) is 15.8. The molecule has 3 rings (SSSR count). The van der Waals surface area contributed by atoms with Crippen LogP contribution >= 0.6 is 35.7 Å². The standard InChI is InChI=1S/C18H34N4OS.HI/c1-19-17(20-15-18(24-2)6-11-23-12-7-18)22-10-5-16(14-22)13-21-8-3-4-9-21;/h16H,3-15H2,1-2H3,(H,19,20);1H. The van der Waals surface area contributed by atoms with Crippen LogP contribution in [0.4, 0.5) is 0 Å². The maximum absolute atomic E-state index is 5.55. The summed E-state index contributed by atoms with van der Waals surface area (Å²) in [5.74, 6) is 1.90. The largest absolute Gasteiger partial charge is 0.381 e. The van der Waals surface area contributed by atoms with Gasteiger partial charge in [-0.3, -0.25) is 4.99 Å². The lowest BCUT2D eigenvalue weighted by Gasteiger charge is -2.37. The highest BCUT2D eigenvalue weighted by Crippen LogP contribution is 2.33. The van der Waals surface area contributed by atoms with Gasteiger partial charge in [0.15, 0.2) is 5.96 Å². The monoisotopic (exact) mass is 482 g/mol. The third kappa shape index (κ3) is 5.87. The van der Waals surface area contributed by atoms with Gasteiger partial charge >= 0.3 is 0 Å². The number of nitrogens with zero attached hydrogens (tertiary/aromatic N) is 3. The second-order valence-electron chi connectivity index (χ2n) is 7.51. The summed E-state index contributed by atoms with van der Waals surface area (Å²) in [6.45, 7) is 8.98. The molecule has 0 aromatic heterocycles. The van der Waals surface area contributed by atoms with Crippen molar-refractivity contribution >= 4 is 41.7 Å². The van der Waals surface area contributed by atoms with Crippen molar-refractivity contribution in [3.63, 3.8) is 0 Å². The number of guanidine groups is 1. The number of hydrogen-bond donors (Lipinski definition) is 1. The molecule has 5 nitrogen and oxygen atoms in total. The van der Waals surface area contributed by atoms with Gasteiger partial charge < -0.3 is 19.9 Å². The first-order valence-electron chi connectivity index (χ1n) is 9.55. The molecule has 1 unspecified atom stereocenters. The SMILES string of the molecule is CN=C(NCC1(SC)CCOCC1)N1CCC(CN2CCCC2)C1.I. The molecule has 0 bridgehead atoms. The Balaban J connectivity index is 0.00000225. The summed E-state index contributed by atoms with van der Waals surface area (Å²) >= 11 is 1.99. The van der Waals surface area contributed by atoms with Gasteiger partial charge in [-0.15, -0.1) is 24.0 Å². The van der Waals surface area contributed by atoms with E-state index in [1.807, 2.05) is 18.8 Å². The Labute approximate surface area is 174 Å². The van der Waals surface area contributed by atoms with Gasteiger partial charge in [0, 0.05) is 51.2 Å². The number of likely N-dealkylation sites (tertiary alicyclic amines) is 2. The van der Waals surface area contributed by atoms with E-state index in [4.69, 9.17) is 4.74 Å². The Hall–Kier alpha value is 0.270. The molecule has 3 heterocycles. The first-order valence-corrected chi connectivity index (χ1v) is 10.8. The van der Waals surface area contributed by atoms with Gasteiger partial charge in [-0.1, -0.05) is 0 Å². The fraction of sp³-hybridized carbons (Fsp3) is 0.944. The van der Waals surface area contributed by atoms with E-state index in [-0.39, 0.29) is 24.0 Å². The van der Waals surface area contributed by atoms with Crippen LogP contribution in [0.1, 0.15) is 32.1 Å². The van der Waals surface area contributed by atoms with Crippen molar-refractivity contribution in [3.8, 4) is 0 Å². The van der Waals surface area contributed by atoms with Crippen LogP contribution < -0.4 is 5.32 Å². The van der Waals surface area contributed by atoms with Crippen molar-refractivity contribution in [2.75, 3.05) is 65.8 Å². The molecule has 0 saturated carbocycles. The van der Waals surface area contributed by atoms with E-state index in [0.29, 0.717) is 4.75 Å². The molecule has 0 spiro atoms. The van der Waals surface area contributed by atoms with Gasteiger partial charge in [0.2, 0.25) is 0 Å². The molecule has 1 N–H and O–H groups in total. The van der Waals surface area contributed by atoms with Crippen molar-refractivity contribution in [2.24, 2.45) is 10.9 Å². The first-order chi connectivity index (χ1) is 11.7. The highest BCUT2D eigenvalue weighted by Gasteiger charge is 2.33. The summed E-state index contributed by atoms with van der Waals surface area (Å²) in [4.78, 5) is 9.68. The normalized spacial score (nSPS) is 27.4. The summed E-state index contributed by atoms with van der Waals surface area (Å²) in [6.07, 6.45) is 8.59. The fourth-order valence-electron chi connectivity index (χ4n) is 4.27. The van der Waals surface area contributed by atoms with E-state index in [1.54, 1.807) is 0 Å². The quantitative estimate of drug-likeness (QED) is 0.371. The molecule has 0 aromatic rings. The summed E-state index contributed by atoms with van der Waals surface area (Å²) in [6, 6.07) is 0. The molecule has 3 aliphatic heterocycles. The molecule has 3 fully saturated rings. The molecule has 146 valence electrons. The molecule has 3 saturated heterocycles. The van der Waals surface area contributed by atoms with Crippen LogP contribution in [0.3, 0.4) is 0 Å². The molecule has 3 aliphatic rings. The van der Waals surface area contributed by atoms with Crippen LogP contribution in [0.25, 0.3) is 0 Å². The maximum Gasteiger partial charge on any atom is 0.193 e. The van der Waals surface area contributed by atoms with Crippen LogP contribution in [-0.2, 0) is 4.74 Å². The fourth-order valence-corrected chi connectivity index (χ4v) is 5.06. The lowest BCUT2D eigenvalue weighted by Crippen LogP contribution is -2.48. The maximum atomic E-state index is 5.55. The van der Waals surface area contributed by atoms with Crippen molar-refractivity contribution in [3.05, 3.63) is 0 Å². The van der Waals surface area contributed by atoms with Gasteiger partial charge in [0.05, 0.1) is 0 Å². The van der Waals surface area contributed by atoms with Crippen LogP contribution in [0.5, 0.6) is 0 Å². The van der Waals surface area contributed by atoms with E-state index in [2.05, 4.69) is 26.4 Å². The van der Waals surface area contributed by atoms with Crippen LogP contribution in [0.2, 0.25) is 0 Å². The summed E-state index contributed by atoms with van der Waals surface area (Å²) in [5.41, 5.74) is 0. The minimum atomic E-state index is 0. The van der Waals surface area contributed by atoms with Crippen molar-refractivity contribution in [1.29, 1.82) is 0 Å². The summed E-state index contributed by atoms with van der Waals surface area (Å²) in [7, 11) is 1.92. The topological polar surface area (TPSA) is 40.1 Å². The molecular formula is C18H35IN4OS. The second-order valence-corrected chi connectivity index (χ2v) is 8.78. The van der Waals surface area contributed by atoms with Crippen LogP contribution in [0.15, 0.2) is 4.99 Å². The number of ether oxygens (including phenoxy) is 1. The zero-order chi connectivity index (χ0) is 16.8. The minimum Gasteiger partial charge on any atom is -0.381 e. The zero-order valence-corrected chi connectivity index (χ0v) is 19.0. The third-order valence-electron chi connectivity index (χ3n) is 5.92. The lowest BCUT2D eigenvalue weighted by atomic mass is 9.99. The van der Waals surface area contributed by atoms with Crippen LogP contribution in [-0.4, -0.2) is 86.3 Å². The van der Waals surface area contributed by atoms with E-state index in [1.165, 1.54) is 38.9 Å². The number of thioether (sulfide) groups is 1. The van der Waals surface area contributed by atoms with Gasteiger partial charge in [0.1, 0.15) is 0 Å². The Kier molecular flexibility index (Phi) is 9.11. The number of nitrogens with one attached hydrogen (secondary N) is 1. The molecule has 0 radical (unpaired) electrons. The minimum absolute atomic E-state index is 0.